The molecule has 14 aromatic rings. The molecule has 4 atom stereocenters. The van der Waals surface area contributed by atoms with Crippen LogP contribution in [-0.4, -0.2) is 9.97 Å². The average molecular weight is 1340 g/mol. The fraction of sp³-hybridized carbons (Fsp3) is 0.174. The van der Waals surface area contributed by atoms with E-state index in [4.69, 9.17) is 19.9 Å². The van der Waals surface area contributed by atoms with E-state index in [0.717, 1.165) is 202 Å². The van der Waals surface area contributed by atoms with E-state index < -0.39 is 0 Å². The third-order valence-electron chi connectivity index (χ3n) is 21.9. The second kappa shape index (κ2) is 24.9. The van der Waals surface area contributed by atoms with Crippen molar-refractivity contribution in [2.24, 2.45) is 0 Å². The van der Waals surface area contributed by atoms with E-state index in [1.165, 1.54) is 22.3 Å². The Hall–Kier alpha value is -10.0. The summed E-state index contributed by atoms with van der Waals surface area (Å²) in [6.45, 7) is 18.4. The van der Waals surface area contributed by atoms with Crippen LogP contribution in [0.4, 0.5) is 0 Å². The Morgan fingerprint density at radius 1 is 0.258 bits per heavy atom. The second-order valence-electron chi connectivity index (χ2n) is 27.4. The molecular weight excluding hydrogens is 1270 g/mol. The first-order chi connectivity index (χ1) is 47.0. The standard InChI is InChI=1S/C92H76N4.Pd/c1-9-53(5)57-29-37-61(38-30-57)81-85-73-45-65-21-13-15-23-67(65)47-75(73)87(93-85)82(62-39-31-58(32-40-62)54(6)10-2)89-77-49-69-25-17-19-27-71(69)51-79(77)91(95-89)84(64-43-35-60(36-44-64)56(8)12-4)92-80-52-72-28-20-18-26-70(72)50-78(80)90(96-92)83(63-41-33-59(34-42-63)55(7)11-3)88-76-48-68-24-16-14-22-66(68)46-74(76)86(81)94-88;/h13-56H,9-12H2,1-8H3;/q-2;+2. The first-order valence-electron chi connectivity index (χ1n) is 34.9. The Bertz CT molecular complexity index is 5110. The summed E-state index contributed by atoms with van der Waals surface area (Å²) < 4.78 is 0. The Morgan fingerprint density at radius 2 is 0.443 bits per heavy atom. The summed E-state index contributed by atoms with van der Waals surface area (Å²) in [5, 5.41) is 13.4. The summed E-state index contributed by atoms with van der Waals surface area (Å²) in [4.78, 5) is 25.4. The van der Waals surface area contributed by atoms with Gasteiger partial charge in [0.1, 0.15) is 0 Å². The Kier molecular flexibility index (Phi) is 15.9. The molecule has 1 aliphatic carbocycles. The minimum Gasteiger partial charge on any atom is -0.656 e. The largest absolute Gasteiger partial charge is 2.00 e. The molecule has 0 N–H and O–H groups in total. The van der Waals surface area contributed by atoms with Crippen molar-refractivity contribution >= 4 is 86.7 Å². The summed E-state index contributed by atoms with van der Waals surface area (Å²) >= 11 is 0. The molecule has 2 aromatic heterocycles. The molecule has 474 valence electrons. The van der Waals surface area contributed by atoms with E-state index in [0.29, 0.717) is 23.7 Å². The molecule has 2 aliphatic heterocycles. The van der Waals surface area contributed by atoms with Crippen molar-refractivity contribution in [3.8, 4) is 89.5 Å². The van der Waals surface area contributed by atoms with E-state index in [2.05, 4.69) is 298 Å². The number of fused-ring (bicyclic) bond motifs is 4. The molecule has 97 heavy (non-hydrogen) atoms. The zero-order valence-corrected chi connectivity index (χ0v) is 57.9. The number of aromatic nitrogens is 4. The van der Waals surface area contributed by atoms with E-state index >= 15 is 0 Å². The third-order valence-corrected chi connectivity index (χ3v) is 21.9. The van der Waals surface area contributed by atoms with Crippen LogP contribution in [0.15, 0.2) is 243 Å². The molecule has 0 saturated heterocycles. The van der Waals surface area contributed by atoms with Gasteiger partial charge in [-0.25, -0.2) is 9.97 Å². The molecule has 12 aromatic carbocycles. The van der Waals surface area contributed by atoms with Gasteiger partial charge in [0.25, 0.3) is 0 Å². The van der Waals surface area contributed by atoms with Crippen molar-refractivity contribution in [1.82, 2.24) is 19.9 Å². The summed E-state index contributed by atoms with van der Waals surface area (Å²) in [6.07, 6.45) is 4.14. The maximum Gasteiger partial charge on any atom is 2.00 e. The molecule has 0 fully saturated rings. The Morgan fingerprint density at radius 3 is 0.629 bits per heavy atom. The van der Waals surface area contributed by atoms with Crippen LogP contribution < -0.4 is 9.97 Å². The molecule has 3 aliphatic rings. The van der Waals surface area contributed by atoms with E-state index in [-0.39, 0.29) is 20.4 Å². The van der Waals surface area contributed by atoms with E-state index in [1.54, 1.807) is 0 Å². The number of hydrogen-bond acceptors (Lipinski definition) is 2. The minimum atomic E-state index is 0. The van der Waals surface area contributed by atoms with Gasteiger partial charge < -0.3 is 9.97 Å². The first kappa shape index (κ1) is 61.8. The average Bonchev–Trinajstić information content (AvgIpc) is 1.56. The van der Waals surface area contributed by atoms with Crippen LogP contribution in [-0.2, 0) is 20.4 Å². The molecule has 4 unspecified atom stereocenters. The molecule has 0 radical (unpaired) electrons. The van der Waals surface area contributed by atoms with Gasteiger partial charge in [-0.2, -0.15) is 0 Å². The fourth-order valence-electron chi connectivity index (χ4n) is 15.4. The van der Waals surface area contributed by atoms with Crippen molar-refractivity contribution < 1.29 is 20.4 Å². The molecule has 0 saturated carbocycles. The molecule has 5 heteroatoms. The summed E-state index contributed by atoms with van der Waals surface area (Å²) in [5.41, 5.74) is 24.6. The summed E-state index contributed by atoms with van der Waals surface area (Å²) in [5.74, 6) is 1.52. The van der Waals surface area contributed by atoms with E-state index in [1.807, 2.05) is 0 Å². The predicted octanol–water partition coefficient (Wildman–Crippen LogP) is 25.9. The quantitative estimate of drug-likeness (QED) is 0.114. The van der Waals surface area contributed by atoms with Crippen molar-refractivity contribution in [1.29, 1.82) is 0 Å². The predicted molar refractivity (Wildman–Crippen MR) is 409 cm³/mol. The number of rotatable bonds is 12. The normalized spacial score (nSPS) is 13.3. The van der Waals surface area contributed by atoms with Crippen LogP contribution in [0.3, 0.4) is 0 Å². The zero-order valence-electron chi connectivity index (χ0n) is 56.3. The van der Waals surface area contributed by atoms with E-state index in [9.17, 15) is 0 Å². The Balaban J connectivity index is 0.00000738. The van der Waals surface area contributed by atoms with Gasteiger partial charge in [-0.05, 0) is 229 Å². The van der Waals surface area contributed by atoms with Gasteiger partial charge >= 0.3 is 20.4 Å². The van der Waals surface area contributed by atoms with Gasteiger partial charge in [0, 0.05) is 22.3 Å². The summed E-state index contributed by atoms with van der Waals surface area (Å²) in [7, 11) is 0. The van der Waals surface area contributed by atoms with Crippen LogP contribution >= 0.6 is 0 Å². The maximum atomic E-state index is 6.34. The minimum absolute atomic E-state index is 0. The van der Waals surface area contributed by atoms with Crippen molar-refractivity contribution in [3.63, 3.8) is 0 Å². The molecule has 8 bridgehead atoms. The van der Waals surface area contributed by atoms with Gasteiger partial charge in [0.05, 0.1) is 22.8 Å². The van der Waals surface area contributed by atoms with Crippen molar-refractivity contribution in [3.05, 3.63) is 265 Å². The van der Waals surface area contributed by atoms with Crippen molar-refractivity contribution in [2.75, 3.05) is 0 Å². The van der Waals surface area contributed by atoms with Gasteiger partial charge in [0.2, 0.25) is 0 Å². The van der Waals surface area contributed by atoms with Gasteiger partial charge in [0.15, 0.2) is 0 Å². The number of hydrogen-bond donors (Lipinski definition) is 0. The molecule has 0 spiro atoms. The summed E-state index contributed by atoms with van der Waals surface area (Å²) in [6, 6.07) is 91.9. The molecule has 4 heterocycles. The molecule has 17 rings (SSSR count). The second-order valence-corrected chi connectivity index (χ2v) is 27.4. The third kappa shape index (κ3) is 10.4. The fourth-order valence-corrected chi connectivity index (χ4v) is 15.4. The topological polar surface area (TPSA) is 54.0 Å². The Labute approximate surface area is 582 Å². The molecule has 4 nitrogen and oxygen atoms in total. The zero-order chi connectivity index (χ0) is 65.0. The van der Waals surface area contributed by atoms with Crippen LogP contribution in [0.25, 0.3) is 176 Å². The van der Waals surface area contributed by atoms with Gasteiger partial charge in [-0.1, -0.05) is 250 Å². The SMILES string of the molecule is CCC(C)c1ccc(-c2c3nc(c(-c4ccc(C(C)CC)cc4)c4[n-]c(c(-c5ccc(C(C)CC)cc5)c5nc(c(-c6ccc(C(C)CC)cc6)c6[n-]c2c2cc7ccccc7cc62)-c2cc6ccccc6cc2-5)c2cc5ccccc5cc42)-c2cc4ccccc4cc2-3)cc1.[Pd+2]. The van der Waals surface area contributed by atoms with Crippen LogP contribution in [0.5, 0.6) is 0 Å². The van der Waals surface area contributed by atoms with Crippen molar-refractivity contribution in [2.45, 2.75) is 105 Å². The maximum absolute atomic E-state index is 6.34. The van der Waals surface area contributed by atoms with Crippen LogP contribution in [0.2, 0.25) is 0 Å². The first-order valence-corrected chi connectivity index (χ1v) is 34.9. The monoisotopic (exact) mass is 1340 g/mol. The van der Waals surface area contributed by atoms with Crippen LogP contribution in [0, 0.1) is 0 Å². The number of nitrogens with zero attached hydrogens (tertiary/aromatic N) is 4. The van der Waals surface area contributed by atoms with Gasteiger partial charge in [-0.15, -0.1) is 22.1 Å². The number of benzene rings is 12. The van der Waals surface area contributed by atoms with Crippen LogP contribution in [0.1, 0.15) is 127 Å². The van der Waals surface area contributed by atoms with Gasteiger partial charge in [-0.3, -0.25) is 0 Å². The smallest absolute Gasteiger partial charge is 0.656 e. The molecule has 0 amide bonds. The molecular formula is C92H76N4Pd.